The van der Waals surface area contributed by atoms with Gasteiger partial charge in [-0.2, -0.15) is 0 Å². The van der Waals surface area contributed by atoms with Crippen molar-refractivity contribution in [3.05, 3.63) is 0 Å². The summed E-state index contributed by atoms with van der Waals surface area (Å²) in [4.78, 5) is 0. The van der Waals surface area contributed by atoms with E-state index in [0.717, 1.165) is 0 Å². The molecule has 0 aromatic carbocycles. The summed E-state index contributed by atoms with van der Waals surface area (Å²) in [6.45, 7) is 0.327. The van der Waals surface area contributed by atoms with Crippen molar-refractivity contribution >= 4 is 0 Å². The molecule has 1 rings (SSSR count). The summed E-state index contributed by atoms with van der Waals surface area (Å²) in [7, 11) is 0. The molecule has 0 bridgehead atoms. The number of hydrogen-bond acceptors (Lipinski definition) is 5. The van der Waals surface area contributed by atoms with E-state index >= 15 is 0 Å². The molecule has 13 heavy (non-hydrogen) atoms. The fourth-order valence-corrected chi connectivity index (χ4v) is 1.01. The zero-order chi connectivity index (χ0) is 9.73. The Labute approximate surface area is 76.9 Å². The molecular formula is C8H16O5. The molecule has 0 saturated carbocycles. The second-order valence-corrected chi connectivity index (χ2v) is 3.24. The molecule has 1 unspecified atom stereocenters. The molecule has 0 aromatic rings. The van der Waals surface area contributed by atoms with E-state index in [2.05, 4.69) is 0 Å². The van der Waals surface area contributed by atoms with Crippen LogP contribution in [-0.2, 0) is 9.47 Å². The van der Waals surface area contributed by atoms with Crippen LogP contribution in [0.1, 0.15) is 6.42 Å². The van der Waals surface area contributed by atoms with Crippen LogP contribution in [0.3, 0.4) is 0 Å². The standard InChI is InChI=1S/C8H16O5/c9-2-1-8(5-10,6-11)13-4-7-3-12-7/h7,9-11H,1-6H2. The van der Waals surface area contributed by atoms with Crippen LogP contribution in [0.4, 0.5) is 0 Å². The molecule has 78 valence electrons. The van der Waals surface area contributed by atoms with Crippen LogP contribution in [-0.4, -0.2) is 60.1 Å². The number of aliphatic hydroxyl groups excluding tert-OH is 3. The molecule has 1 atom stereocenters. The van der Waals surface area contributed by atoms with Crippen LogP contribution in [0, 0.1) is 0 Å². The highest BCUT2D eigenvalue weighted by molar-refractivity contribution is 4.81. The molecule has 0 aromatic heterocycles. The van der Waals surface area contributed by atoms with Crippen LogP contribution >= 0.6 is 0 Å². The van der Waals surface area contributed by atoms with Gasteiger partial charge in [-0.15, -0.1) is 0 Å². The predicted octanol–water partition coefficient (Wildman–Crippen LogP) is -1.49. The van der Waals surface area contributed by atoms with Crippen molar-refractivity contribution < 1.29 is 24.8 Å². The molecule has 1 aliphatic heterocycles. The lowest BCUT2D eigenvalue weighted by Crippen LogP contribution is -2.42. The van der Waals surface area contributed by atoms with Gasteiger partial charge in [0.15, 0.2) is 0 Å². The van der Waals surface area contributed by atoms with E-state index in [4.69, 9.17) is 24.8 Å². The third-order valence-electron chi connectivity index (χ3n) is 2.12. The fraction of sp³-hybridized carbons (Fsp3) is 1.00. The Kier molecular flexibility index (Phi) is 4.08. The van der Waals surface area contributed by atoms with E-state index in [0.29, 0.717) is 13.2 Å². The van der Waals surface area contributed by atoms with Gasteiger partial charge in [0.2, 0.25) is 0 Å². The Bertz CT molecular complexity index is 141. The maximum Gasteiger partial charge on any atom is 0.116 e. The molecule has 0 spiro atoms. The molecule has 0 radical (unpaired) electrons. The first-order valence-corrected chi connectivity index (χ1v) is 4.34. The lowest BCUT2D eigenvalue weighted by molar-refractivity contribution is -0.121. The molecule has 1 fully saturated rings. The van der Waals surface area contributed by atoms with E-state index in [1.165, 1.54) is 0 Å². The Morgan fingerprint density at radius 2 is 1.92 bits per heavy atom. The summed E-state index contributed by atoms with van der Waals surface area (Å²) in [6, 6.07) is 0. The van der Waals surface area contributed by atoms with Gasteiger partial charge in [0, 0.05) is 13.0 Å². The number of aliphatic hydroxyl groups is 3. The second-order valence-electron chi connectivity index (χ2n) is 3.24. The van der Waals surface area contributed by atoms with Crippen molar-refractivity contribution in [1.29, 1.82) is 0 Å². The zero-order valence-corrected chi connectivity index (χ0v) is 7.48. The summed E-state index contributed by atoms with van der Waals surface area (Å²) in [5, 5.41) is 26.7. The van der Waals surface area contributed by atoms with Gasteiger partial charge in [-0.25, -0.2) is 0 Å². The van der Waals surface area contributed by atoms with Crippen LogP contribution in [0.2, 0.25) is 0 Å². The Hall–Kier alpha value is -0.200. The van der Waals surface area contributed by atoms with Gasteiger partial charge in [-0.05, 0) is 0 Å². The third kappa shape index (κ3) is 3.21. The number of ether oxygens (including phenoxy) is 2. The van der Waals surface area contributed by atoms with Crippen LogP contribution in [0.15, 0.2) is 0 Å². The molecule has 5 nitrogen and oxygen atoms in total. The highest BCUT2D eigenvalue weighted by Crippen LogP contribution is 2.18. The first-order valence-electron chi connectivity index (χ1n) is 4.34. The quantitative estimate of drug-likeness (QED) is 0.428. The van der Waals surface area contributed by atoms with Crippen molar-refractivity contribution in [2.75, 3.05) is 33.0 Å². The van der Waals surface area contributed by atoms with Gasteiger partial charge in [-0.3, -0.25) is 0 Å². The summed E-state index contributed by atoms with van der Waals surface area (Å²) in [6.07, 6.45) is 0.323. The SMILES string of the molecule is OCCC(CO)(CO)OCC1CO1. The number of rotatable bonds is 7. The Morgan fingerprint density at radius 3 is 2.31 bits per heavy atom. The van der Waals surface area contributed by atoms with Crippen LogP contribution < -0.4 is 0 Å². The van der Waals surface area contributed by atoms with Crippen molar-refractivity contribution in [2.24, 2.45) is 0 Å². The third-order valence-corrected chi connectivity index (χ3v) is 2.12. The minimum absolute atomic E-state index is 0.0937. The maximum atomic E-state index is 9.00. The highest BCUT2D eigenvalue weighted by Gasteiger charge is 2.33. The minimum Gasteiger partial charge on any atom is -0.396 e. The zero-order valence-electron chi connectivity index (χ0n) is 7.48. The normalized spacial score (nSPS) is 21.9. The maximum absolute atomic E-state index is 9.00. The van der Waals surface area contributed by atoms with Gasteiger partial charge in [-0.1, -0.05) is 0 Å². The first-order chi connectivity index (χ1) is 6.26. The average Bonchev–Trinajstić information content (AvgIpc) is 2.96. The van der Waals surface area contributed by atoms with Crippen LogP contribution in [0.25, 0.3) is 0 Å². The van der Waals surface area contributed by atoms with Crippen molar-refractivity contribution in [1.82, 2.24) is 0 Å². The van der Waals surface area contributed by atoms with E-state index in [1.807, 2.05) is 0 Å². The van der Waals surface area contributed by atoms with E-state index in [1.54, 1.807) is 0 Å². The molecule has 0 amide bonds. The molecule has 1 heterocycles. The predicted molar refractivity (Wildman–Crippen MR) is 44.3 cm³/mol. The molecular weight excluding hydrogens is 176 g/mol. The number of epoxide rings is 1. The average molecular weight is 192 g/mol. The summed E-state index contributed by atoms with van der Waals surface area (Å²) >= 11 is 0. The molecule has 0 aliphatic carbocycles. The van der Waals surface area contributed by atoms with Gasteiger partial charge >= 0.3 is 0 Å². The van der Waals surface area contributed by atoms with Crippen molar-refractivity contribution in [3.63, 3.8) is 0 Å². The lowest BCUT2D eigenvalue weighted by Gasteiger charge is -2.29. The van der Waals surface area contributed by atoms with Crippen LogP contribution in [0.5, 0.6) is 0 Å². The second kappa shape index (κ2) is 4.88. The Balaban J connectivity index is 2.32. The lowest BCUT2D eigenvalue weighted by atomic mass is 10.0. The Morgan fingerprint density at radius 1 is 1.31 bits per heavy atom. The minimum atomic E-state index is -1.01. The van der Waals surface area contributed by atoms with E-state index < -0.39 is 5.60 Å². The van der Waals surface area contributed by atoms with Crippen molar-refractivity contribution in [3.8, 4) is 0 Å². The van der Waals surface area contributed by atoms with Gasteiger partial charge in [0.1, 0.15) is 11.7 Å². The first kappa shape index (κ1) is 10.9. The molecule has 1 aliphatic rings. The van der Waals surface area contributed by atoms with Gasteiger partial charge < -0.3 is 24.8 Å². The summed E-state index contributed by atoms with van der Waals surface area (Å²) in [5.41, 5.74) is -1.01. The van der Waals surface area contributed by atoms with Crippen molar-refractivity contribution in [2.45, 2.75) is 18.1 Å². The number of hydrogen-bond donors (Lipinski definition) is 3. The largest absolute Gasteiger partial charge is 0.396 e. The smallest absolute Gasteiger partial charge is 0.116 e. The van der Waals surface area contributed by atoms with Gasteiger partial charge in [0.05, 0.1) is 26.4 Å². The summed E-state index contributed by atoms with van der Waals surface area (Å²) in [5.74, 6) is 0. The topological polar surface area (TPSA) is 82.5 Å². The monoisotopic (exact) mass is 192 g/mol. The van der Waals surface area contributed by atoms with E-state index in [-0.39, 0.29) is 32.3 Å². The highest BCUT2D eigenvalue weighted by atomic mass is 16.6. The van der Waals surface area contributed by atoms with Gasteiger partial charge in [0.25, 0.3) is 0 Å². The van der Waals surface area contributed by atoms with E-state index in [9.17, 15) is 0 Å². The molecule has 3 N–H and O–H groups in total. The molecule has 5 heteroatoms. The summed E-state index contributed by atoms with van der Waals surface area (Å²) < 4.78 is 10.2. The molecule has 1 saturated heterocycles. The fourth-order valence-electron chi connectivity index (χ4n) is 1.01.